The van der Waals surface area contributed by atoms with E-state index in [1.54, 1.807) is 4.90 Å². The van der Waals surface area contributed by atoms with Crippen LogP contribution in [-0.2, 0) is 4.79 Å². The predicted molar refractivity (Wildman–Crippen MR) is 83.0 cm³/mol. The first-order chi connectivity index (χ1) is 10.0. The summed E-state index contributed by atoms with van der Waals surface area (Å²) in [5, 5.41) is 2.98. The molecular weight excluding hydrogens is 266 g/mol. The van der Waals surface area contributed by atoms with Crippen LogP contribution in [0.15, 0.2) is 0 Å². The summed E-state index contributed by atoms with van der Waals surface area (Å²) >= 11 is 0. The summed E-state index contributed by atoms with van der Waals surface area (Å²) in [4.78, 5) is 28.7. The maximum absolute atomic E-state index is 12.7. The van der Waals surface area contributed by atoms with E-state index in [0.717, 1.165) is 45.2 Å². The zero-order chi connectivity index (χ0) is 15.4. The molecule has 0 bridgehead atoms. The van der Waals surface area contributed by atoms with Crippen LogP contribution in [0.3, 0.4) is 0 Å². The van der Waals surface area contributed by atoms with E-state index in [1.807, 2.05) is 18.7 Å². The second kappa shape index (κ2) is 7.14. The SMILES string of the molecule is CCC(C)NC(=O)N1CCCC1C(=O)N1CCC(C)CC1. The molecule has 0 saturated carbocycles. The molecule has 1 N–H and O–H groups in total. The van der Waals surface area contributed by atoms with E-state index < -0.39 is 0 Å². The van der Waals surface area contributed by atoms with Gasteiger partial charge in [0.15, 0.2) is 0 Å². The van der Waals surface area contributed by atoms with Gasteiger partial charge < -0.3 is 15.1 Å². The van der Waals surface area contributed by atoms with Gasteiger partial charge in [-0.1, -0.05) is 13.8 Å². The molecule has 21 heavy (non-hydrogen) atoms. The zero-order valence-electron chi connectivity index (χ0n) is 13.6. The Kier molecular flexibility index (Phi) is 5.48. The highest BCUT2D eigenvalue weighted by Gasteiger charge is 2.37. The molecule has 2 atom stereocenters. The third-order valence-corrected chi connectivity index (χ3v) is 4.88. The Bertz CT molecular complexity index is 378. The van der Waals surface area contributed by atoms with Crippen LogP contribution in [0, 0.1) is 5.92 Å². The smallest absolute Gasteiger partial charge is 0.318 e. The summed E-state index contributed by atoms with van der Waals surface area (Å²) in [7, 11) is 0. The minimum absolute atomic E-state index is 0.0782. The lowest BCUT2D eigenvalue weighted by Crippen LogP contribution is -2.53. The molecule has 0 aromatic heterocycles. The highest BCUT2D eigenvalue weighted by atomic mass is 16.2. The first-order valence-corrected chi connectivity index (χ1v) is 8.38. The van der Waals surface area contributed by atoms with Crippen LogP contribution in [0.4, 0.5) is 4.79 Å². The number of hydrogen-bond donors (Lipinski definition) is 1. The van der Waals surface area contributed by atoms with Crippen LogP contribution < -0.4 is 5.32 Å². The van der Waals surface area contributed by atoms with Crippen LogP contribution in [0.25, 0.3) is 0 Å². The lowest BCUT2D eigenvalue weighted by Gasteiger charge is -2.34. The number of likely N-dealkylation sites (tertiary alicyclic amines) is 2. The van der Waals surface area contributed by atoms with Crippen molar-refractivity contribution in [2.45, 2.75) is 65.0 Å². The summed E-state index contributed by atoms with van der Waals surface area (Å²) in [6.45, 7) is 8.67. The summed E-state index contributed by atoms with van der Waals surface area (Å²) < 4.78 is 0. The fourth-order valence-electron chi connectivity index (χ4n) is 3.10. The van der Waals surface area contributed by atoms with Gasteiger partial charge in [0.25, 0.3) is 0 Å². The van der Waals surface area contributed by atoms with Gasteiger partial charge in [0.1, 0.15) is 6.04 Å². The Morgan fingerprint density at radius 1 is 1.19 bits per heavy atom. The third-order valence-electron chi connectivity index (χ3n) is 4.88. The first-order valence-electron chi connectivity index (χ1n) is 8.38. The predicted octanol–water partition coefficient (Wildman–Crippen LogP) is 2.22. The Hall–Kier alpha value is -1.26. The van der Waals surface area contributed by atoms with Gasteiger partial charge in [0, 0.05) is 25.7 Å². The summed E-state index contributed by atoms with van der Waals surface area (Å²) in [6, 6.07) is -0.169. The number of carbonyl (C=O) groups is 2. The van der Waals surface area contributed by atoms with Gasteiger partial charge in [-0.15, -0.1) is 0 Å². The van der Waals surface area contributed by atoms with Crippen LogP contribution in [0.2, 0.25) is 0 Å². The van der Waals surface area contributed by atoms with Gasteiger partial charge in [-0.3, -0.25) is 4.79 Å². The van der Waals surface area contributed by atoms with Crippen molar-refractivity contribution in [3.05, 3.63) is 0 Å². The van der Waals surface area contributed by atoms with Crippen molar-refractivity contribution in [2.24, 2.45) is 5.92 Å². The average molecular weight is 295 g/mol. The maximum atomic E-state index is 12.7. The standard InChI is InChI=1S/C16H29N3O2/c1-4-13(3)17-16(21)19-9-5-6-14(19)15(20)18-10-7-12(2)8-11-18/h12-14H,4-11H2,1-3H3,(H,17,21). The van der Waals surface area contributed by atoms with E-state index >= 15 is 0 Å². The normalized spacial score (nSPS) is 25.0. The zero-order valence-corrected chi connectivity index (χ0v) is 13.6. The molecule has 0 radical (unpaired) electrons. The van der Waals surface area contributed by atoms with E-state index in [0.29, 0.717) is 12.5 Å². The molecular formula is C16H29N3O2. The first kappa shape index (κ1) is 16.1. The largest absolute Gasteiger partial charge is 0.341 e. The Labute approximate surface area is 128 Å². The van der Waals surface area contributed by atoms with Gasteiger partial charge in [-0.05, 0) is 44.9 Å². The Morgan fingerprint density at radius 2 is 1.86 bits per heavy atom. The number of urea groups is 1. The van der Waals surface area contributed by atoms with Gasteiger partial charge in [0.2, 0.25) is 5.91 Å². The summed E-state index contributed by atoms with van der Waals surface area (Å²) in [5.74, 6) is 0.862. The van der Waals surface area contributed by atoms with E-state index in [9.17, 15) is 9.59 Å². The molecule has 2 unspecified atom stereocenters. The molecule has 2 aliphatic rings. The average Bonchev–Trinajstić information content (AvgIpc) is 2.96. The molecule has 0 aromatic rings. The quantitative estimate of drug-likeness (QED) is 0.868. The highest BCUT2D eigenvalue weighted by molar-refractivity contribution is 5.87. The van der Waals surface area contributed by atoms with E-state index in [2.05, 4.69) is 12.2 Å². The molecule has 120 valence electrons. The number of amides is 3. The van der Waals surface area contributed by atoms with Gasteiger partial charge in [-0.25, -0.2) is 4.79 Å². The second-order valence-electron chi connectivity index (χ2n) is 6.62. The summed E-state index contributed by atoms with van der Waals surface area (Å²) in [5.41, 5.74) is 0. The Morgan fingerprint density at radius 3 is 2.48 bits per heavy atom. The maximum Gasteiger partial charge on any atom is 0.318 e. The minimum atomic E-state index is -0.248. The van der Waals surface area contributed by atoms with Crippen LogP contribution in [-0.4, -0.2) is 53.5 Å². The molecule has 0 spiro atoms. The van der Waals surface area contributed by atoms with E-state index in [-0.39, 0.29) is 24.0 Å². The second-order valence-corrected chi connectivity index (χ2v) is 6.62. The monoisotopic (exact) mass is 295 g/mol. The molecule has 5 heteroatoms. The highest BCUT2D eigenvalue weighted by Crippen LogP contribution is 2.23. The number of nitrogens with zero attached hydrogens (tertiary/aromatic N) is 2. The fraction of sp³-hybridized carbons (Fsp3) is 0.875. The minimum Gasteiger partial charge on any atom is -0.341 e. The summed E-state index contributed by atoms with van der Waals surface area (Å²) in [6.07, 6.45) is 4.80. The van der Waals surface area contributed by atoms with Gasteiger partial charge in [0.05, 0.1) is 0 Å². The fourth-order valence-corrected chi connectivity index (χ4v) is 3.10. The molecule has 0 aliphatic carbocycles. The topological polar surface area (TPSA) is 52.7 Å². The van der Waals surface area contributed by atoms with Crippen molar-refractivity contribution in [3.63, 3.8) is 0 Å². The van der Waals surface area contributed by atoms with Crippen LogP contribution in [0.5, 0.6) is 0 Å². The van der Waals surface area contributed by atoms with Crippen LogP contribution >= 0.6 is 0 Å². The molecule has 0 aromatic carbocycles. The molecule has 3 amide bonds. The van der Waals surface area contributed by atoms with Crippen molar-refractivity contribution in [1.29, 1.82) is 0 Å². The molecule has 5 nitrogen and oxygen atoms in total. The van der Waals surface area contributed by atoms with E-state index in [1.165, 1.54) is 0 Å². The molecule has 2 fully saturated rings. The van der Waals surface area contributed by atoms with Crippen molar-refractivity contribution in [2.75, 3.05) is 19.6 Å². The number of hydrogen-bond acceptors (Lipinski definition) is 2. The molecule has 2 heterocycles. The van der Waals surface area contributed by atoms with Crippen LogP contribution in [0.1, 0.15) is 52.9 Å². The Balaban J connectivity index is 1.94. The molecule has 2 rings (SSSR count). The molecule has 2 aliphatic heterocycles. The number of carbonyl (C=O) groups excluding carboxylic acids is 2. The third kappa shape index (κ3) is 3.89. The van der Waals surface area contributed by atoms with Crippen molar-refractivity contribution >= 4 is 11.9 Å². The lowest BCUT2D eigenvalue weighted by atomic mass is 9.98. The van der Waals surface area contributed by atoms with Gasteiger partial charge >= 0.3 is 6.03 Å². The number of piperidine rings is 1. The lowest BCUT2D eigenvalue weighted by molar-refractivity contribution is -0.136. The number of rotatable bonds is 3. The van der Waals surface area contributed by atoms with Crippen molar-refractivity contribution in [3.8, 4) is 0 Å². The number of nitrogens with one attached hydrogen (secondary N) is 1. The van der Waals surface area contributed by atoms with Gasteiger partial charge in [-0.2, -0.15) is 0 Å². The van der Waals surface area contributed by atoms with E-state index in [4.69, 9.17) is 0 Å². The van der Waals surface area contributed by atoms with Crippen molar-refractivity contribution in [1.82, 2.24) is 15.1 Å². The van der Waals surface area contributed by atoms with Crippen molar-refractivity contribution < 1.29 is 9.59 Å². The molecule has 2 saturated heterocycles.